The lowest BCUT2D eigenvalue weighted by Gasteiger charge is -1.96. The third kappa shape index (κ3) is 1.33. The monoisotopic (exact) mass is 249 g/mol. The molecule has 2 heteroatoms. The average molecular weight is 249 g/mol. The van der Waals surface area contributed by atoms with E-state index in [1.165, 1.54) is 10.1 Å². The van der Waals surface area contributed by atoms with Gasteiger partial charge in [0, 0.05) is 26.4 Å². The first-order valence-electron chi connectivity index (χ1n) is 5.79. The largest absolute Gasteiger partial charge is 0.463 e. The lowest BCUT2D eigenvalue weighted by atomic mass is 10.1. The first-order valence-corrected chi connectivity index (χ1v) is 6.61. The van der Waals surface area contributed by atoms with Crippen LogP contribution in [0.3, 0.4) is 0 Å². The van der Waals surface area contributed by atoms with E-state index in [0.717, 1.165) is 22.1 Å². The van der Waals surface area contributed by atoms with Gasteiger partial charge >= 0.3 is 0 Å². The molecule has 2 aromatic heterocycles. The highest BCUT2D eigenvalue weighted by Crippen LogP contribution is 2.37. The van der Waals surface area contributed by atoms with Gasteiger partial charge in [0.05, 0.1) is 11.6 Å². The summed E-state index contributed by atoms with van der Waals surface area (Å²) in [6, 6.07) is 16.6. The topological polar surface area (TPSA) is 13.1 Å². The van der Waals surface area contributed by atoms with Crippen molar-refractivity contribution < 1.29 is 4.42 Å². The van der Waals surface area contributed by atoms with E-state index in [4.69, 9.17) is 4.42 Å². The van der Waals surface area contributed by atoms with E-state index in [9.17, 15) is 0 Å². The Hall–Kier alpha value is -2.06. The van der Waals surface area contributed by atoms with Crippen LogP contribution < -0.4 is 0 Å². The third-order valence-electron chi connectivity index (χ3n) is 3.16. The summed E-state index contributed by atoms with van der Waals surface area (Å²) >= 11 is 1.64. The number of thiophene rings is 1. The number of hydrogen-bond acceptors (Lipinski definition) is 2. The zero-order chi connectivity index (χ0) is 11.9. The number of hydrogen-bond donors (Lipinski definition) is 0. The van der Waals surface area contributed by atoms with Gasteiger partial charge in [0.25, 0.3) is 0 Å². The van der Waals surface area contributed by atoms with Gasteiger partial charge in [0.2, 0.25) is 0 Å². The van der Waals surface area contributed by atoms with E-state index in [1.54, 1.807) is 11.3 Å². The molecule has 0 saturated carbocycles. The number of benzene rings is 2. The Morgan fingerprint density at radius 1 is 0.889 bits per heavy atom. The molecule has 4 aromatic rings. The molecule has 2 aromatic carbocycles. The summed E-state index contributed by atoms with van der Waals surface area (Å²) in [6.45, 7) is 0. The molecule has 0 aliphatic rings. The fourth-order valence-corrected chi connectivity index (χ4v) is 3.12. The standard InChI is InChI=1S/C16H9OS/c1-2-6-12-11(5-1)9-17-16(12)14-10-18-15-8-4-3-7-13(14)15/h1-9H. The highest BCUT2D eigenvalue weighted by molar-refractivity contribution is 7.17. The first kappa shape index (κ1) is 9.92. The normalized spacial score (nSPS) is 11.3. The van der Waals surface area contributed by atoms with E-state index in [1.807, 2.05) is 18.4 Å². The molecule has 0 atom stereocenters. The molecule has 0 amide bonds. The summed E-state index contributed by atoms with van der Waals surface area (Å²) in [7, 11) is 0. The molecular weight excluding hydrogens is 240 g/mol. The summed E-state index contributed by atoms with van der Waals surface area (Å²) in [5.41, 5.74) is 1.07. The van der Waals surface area contributed by atoms with Gasteiger partial charge in [-0.15, -0.1) is 11.3 Å². The Balaban J connectivity index is 2.08. The van der Waals surface area contributed by atoms with Gasteiger partial charge in [-0.25, -0.2) is 0 Å². The molecule has 4 rings (SSSR count). The van der Waals surface area contributed by atoms with Crippen molar-refractivity contribution in [1.29, 1.82) is 0 Å². The minimum Gasteiger partial charge on any atom is -0.463 e. The van der Waals surface area contributed by atoms with E-state index >= 15 is 0 Å². The molecule has 0 aliphatic heterocycles. The summed E-state index contributed by atoms with van der Waals surface area (Å²) in [6.07, 6.45) is 1.81. The number of furan rings is 1. The van der Waals surface area contributed by atoms with Gasteiger partial charge in [0.15, 0.2) is 0 Å². The van der Waals surface area contributed by atoms with E-state index in [0.29, 0.717) is 0 Å². The van der Waals surface area contributed by atoms with Gasteiger partial charge in [-0.05, 0) is 6.07 Å². The van der Waals surface area contributed by atoms with Crippen LogP contribution in [0.2, 0.25) is 0 Å². The van der Waals surface area contributed by atoms with E-state index in [2.05, 4.69) is 41.8 Å². The Morgan fingerprint density at radius 3 is 2.61 bits per heavy atom. The van der Waals surface area contributed by atoms with Crippen molar-refractivity contribution in [2.45, 2.75) is 0 Å². The molecule has 1 nitrogen and oxygen atoms in total. The summed E-state index contributed by atoms with van der Waals surface area (Å²) in [5.74, 6) is 0.919. The van der Waals surface area contributed by atoms with Gasteiger partial charge in [-0.3, -0.25) is 0 Å². The van der Waals surface area contributed by atoms with E-state index < -0.39 is 0 Å². The minimum absolute atomic E-state index is 0.919. The number of fused-ring (bicyclic) bond motifs is 2. The molecule has 0 spiro atoms. The van der Waals surface area contributed by atoms with Crippen molar-refractivity contribution in [3.8, 4) is 11.3 Å². The second-order valence-electron chi connectivity index (χ2n) is 4.23. The van der Waals surface area contributed by atoms with Crippen LogP contribution in [0.1, 0.15) is 0 Å². The maximum absolute atomic E-state index is 5.74. The molecule has 0 bridgehead atoms. The maximum atomic E-state index is 5.74. The summed E-state index contributed by atoms with van der Waals surface area (Å²) in [4.78, 5) is 0. The molecule has 0 aliphatic carbocycles. The first-order chi connectivity index (χ1) is 8.93. The van der Waals surface area contributed by atoms with E-state index in [-0.39, 0.29) is 0 Å². The quantitative estimate of drug-likeness (QED) is 0.456. The fraction of sp³-hybridized carbons (Fsp3) is 0. The molecule has 2 heterocycles. The van der Waals surface area contributed by atoms with Gasteiger partial charge < -0.3 is 4.42 Å². The molecule has 0 fully saturated rings. The van der Waals surface area contributed by atoms with Crippen molar-refractivity contribution >= 4 is 32.2 Å². The Morgan fingerprint density at radius 2 is 1.67 bits per heavy atom. The van der Waals surface area contributed by atoms with Gasteiger partial charge in [-0.2, -0.15) is 0 Å². The highest BCUT2D eigenvalue weighted by atomic mass is 32.1. The van der Waals surface area contributed by atoms with Gasteiger partial charge in [-0.1, -0.05) is 42.5 Å². The lowest BCUT2D eigenvalue weighted by molar-refractivity contribution is 0.588. The molecular formula is C16H9OS. The minimum atomic E-state index is 0.919. The Labute approximate surface area is 108 Å². The second-order valence-corrected chi connectivity index (χ2v) is 5.08. The fourth-order valence-electron chi connectivity index (χ4n) is 2.28. The number of rotatable bonds is 1. The van der Waals surface area contributed by atoms with Gasteiger partial charge in [0.1, 0.15) is 5.76 Å². The molecule has 0 unspecified atom stereocenters. The van der Waals surface area contributed by atoms with Crippen LogP contribution in [0.4, 0.5) is 0 Å². The molecule has 0 N–H and O–H groups in total. The van der Waals surface area contributed by atoms with Crippen molar-refractivity contribution in [2.75, 3.05) is 0 Å². The predicted octanol–water partition coefficient (Wildman–Crippen LogP) is 5.11. The van der Waals surface area contributed by atoms with Crippen LogP contribution in [0, 0.1) is 5.38 Å². The zero-order valence-electron chi connectivity index (χ0n) is 9.51. The smallest absolute Gasteiger partial charge is 0.143 e. The average Bonchev–Trinajstić information content (AvgIpc) is 3.01. The molecule has 1 radical (unpaired) electrons. The summed E-state index contributed by atoms with van der Waals surface area (Å²) < 4.78 is 6.99. The molecule has 18 heavy (non-hydrogen) atoms. The SMILES string of the molecule is [c]1sc2ccccc2c1-c1occ2ccccc12. The van der Waals surface area contributed by atoms with Crippen LogP contribution in [-0.4, -0.2) is 0 Å². The van der Waals surface area contributed by atoms with Crippen molar-refractivity contribution in [1.82, 2.24) is 0 Å². The molecule has 85 valence electrons. The van der Waals surface area contributed by atoms with Crippen molar-refractivity contribution in [3.63, 3.8) is 0 Å². The zero-order valence-corrected chi connectivity index (χ0v) is 10.3. The Kier molecular flexibility index (Phi) is 2.05. The Bertz CT molecular complexity index is 766. The predicted molar refractivity (Wildman–Crippen MR) is 75.9 cm³/mol. The maximum Gasteiger partial charge on any atom is 0.143 e. The second kappa shape index (κ2) is 3.72. The van der Waals surface area contributed by atoms with Crippen LogP contribution in [0.15, 0.2) is 59.2 Å². The van der Waals surface area contributed by atoms with Crippen LogP contribution >= 0.6 is 11.3 Å². The van der Waals surface area contributed by atoms with Crippen LogP contribution in [-0.2, 0) is 0 Å². The van der Waals surface area contributed by atoms with Crippen LogP contribution in [0.25, 0.3) is 32.2 Å². The summed E-state index contributed by atoms with van der Waals surface area (Å²) in [5, 5.41) is 6.85. The van der Waals surface area contributed by atoms with Crippen molar-refractivity contribution in [2.24, 2.45) is 0 Å². The lowest BCUT2D eigenvalue weighted by Crippen LogP contribution is -1.72. The third-order valence-corrected chi connectivity index (χ3v) is 4.04. The van der Waals surface area contributed by atoms with Crippen LogP contribution in [0.5, 0.6) is 0 Å². The molecule has 0 saturated heterocycles. The van der Waals surface area contributed by atoms with Crippen molar-refractivity contribution in [3.05, 3.63) is 60.2 Å². The highest BCUT2D eigenvalue weighted by Gasteiger charge is 2.12.